The number of fused-ring (bicyclic) bond motifs is 2. The van der Waals surface area contributed by atoms with E-state index in [-0.39, 0.29) is 30.5 Å². The molecule has 2 aromatic carbocycles. The second-order valence-electron chi connectivity index (χ2n) is 7.69. The van der Waals surface area contributed by atoms with Gasteiger partial charge >= 0.3 is 0 Å². The standard InChI is InChI=1S/C23H22N4O5/c28-21-13-24-16-5-1-2-6-17(16)27(21)15-22(29)26-14-20(23(30)25-9-11-31-12-10-25)32-19-8-4-3-7-18(19)26/h1-8,13,20H,9-12,14-15H2. The van der Waals surface area contributed by atoms with Crippen LogP contribution in [0.1, 0.15) is 0 Å². The number of nitrogens with zero attached hydrogens (tertiary/aromatic N) is 4. The molecule has 164 valence electrons. The average Bonchev–Trinajstić information content (AvgIpc) is 2.85. The van der Waals surface area contributed by atoms with Gasteiger partial charge in [-0.3, -0.25) is 19.0 Å². The first kappa shape index (κ1) is 20.2. The number of morpholine rings is 1. The van der Waals surface area contributed by atoms with Gasteiger partial charge in [-0.1, -0.05) is 24.3 Å². The predicted molar refractivity (Wildman–Crippen MR) is 117 cm³/mol. The monoisotopic (exact) mass is 434 g/mol. The Morgan fingerprint density at radius 1 is 1.03 bits per heavy atom. The van der Waals surface area contributed by atoms with Gasteiger partial charge in [-0.2, -0.15) is 0 Å². The van der Waals surface area contributed by atoms with Crippen LogP contribution in [0.5, 0.6) is 5.75 Å². The van der Waals surface area contributed by atoms with Crippen molar-refractivity contribution in [2.45, 2.75) is 12.6 Å². The third-order valence-electron chi connectivity index (χ3n) is 5.72. The smallest absolute Gasteiger partial charge is 0.269 e. The van der Waals surface area contributed by atoms with Crippen LogP contribution in [0.25, 0.3) is 11.0 Å². The zero-order chi connectivity index (χ0) is 22.1. The van der Waals surface area contributed by atoms with Crippen LogP contribution in [0.3, 0.4) is 0 Å². The molecule has 9 heteroatoms. The number of para-hydroxylation sites is 4. The number of amides is 2. The highest BCUT2D eigenvalue weighted by atomic mass is 16.5. The molecule has 0 N–H and O–H groups in total. The van der Waals surface area contributed by atoms with Crippen LogP contribution in [-0.4, -0.2) is 65.2 Å². The Hall–Kier alpha value is -3.72. The highest BCUT2D eigenvalue weighted by molar-refractivity contribution is 5.97. The topological polar surface area (TPSA) is 94.0 Å². The van der Waals surface area contributed by atoms with Crippen LogP contribution >= 0.6 is 0 Å². The summed E-state index contributed by atoms with van der Waals surface area (Å²) in [5, 5.41) is 0. The summed E-state index contributed by atoms with van der Waals surface area (Å²) in [5.41, 5.74) is 1.42. The maximum Gasteiger partial charge on any atom is 0.269 e. The highest BCUT2D eigenvalue weighted by Gasteiger charge is 2.36. The van der Waals surface area contributed by atoms with E-state index in [1.165, 1.54) is 15.7 Å². The summed E-state index contributed by atoms with van der Waals surface area (Å²) in [6.07, 6.45) is 0.394. The van der Waals surface area contributed by atoms with Crippen molar-refractivity contribution in [2.75, 3.05) is 37.7 Å². The largest absolute Gasteiger partial charge is 0.476 e. The van der Waals surface area contributed by atoms with Gasteiger partial charge < -0.3 is 19.3 Å². The molecule has 2 aliphatic rings. The van der Waals surface area contributed by atoms with Gasteiger partial charge in [-0.05, 0) is 24.3 Å². The zero-order valence-electron chi connectivity index (χ0n) is 17.3. The van der Waals surface area contributed by atoms with Crippen LogP contribution in [0.2, 0.25) is 0 Å². The van der Waals surface area contributed by atoms with E-state index in [1.807, 2.05) is 6.07 Å². The first-order valence-electron chi connectivity index (χ1n) is 10.5. The van der Waals surface area contributed by atoms with Crippen molar-refractivity contribution in [1.29, 1.82) is 0 Å². The van der Waals surface area contributed by atoms with E-state index in [1.54, 1.807) is 47.4 Å². The third-order valence-corrected chi connectivity index (χ3v) is 5.72. The molecule has 9 nitrogen and oxygen atoms in total. The van der Waals surface area contributed by atoms with E-state index in [2.05, 4.69) is 4.98 Å². The van der Waals surface area contributed by atoms with Gasteiger partial charge in [0.15, 0.2) is 6.10 Å². The van der Waals surface area contributed by atoms with Crippen molar-refractivity contribution >= 4 is 28.5 Å². The van der Waals surface area contributed by atoms with E-state index >= 15 is 0 Å². The number of rotatable bonds is 3. The van der Waals surface area contributed by atoms with Crippen molar-refractivity contribution in [3.8, 4) is 5.75 Å². The number of aromatic nitrogens is 2. The molecule has 32 heavy (non-hydrogen) atoms. The molecule has 1 atom stereocenters. The summed E-state index contributed by atoms with van der Waals surface area (Å²) in [4.78, 5) is 46.4. The molecule has 1 fully saturated rings. The number of anilines is 1. The second kappa shape index (κ2) is 8.43. The van der Waals surface area contributed by atoms with Crippen molar-refractivity contribution in [3.63, 3.8) is 0 Å². The van der Waals surface area contributed by atoms with Gasteiger partial charge in [0.05, 0.1) is 42.7 Å². The van der Waals surface area contributed by atoms with Crippen molar-refractivity contribution in [3.05, 3.63) is 65.1 Å². The number of carbonyl (C=O) groups is 2. The van der Waals surface area contributed by atoms with Crippen LogP contribution in [-0.2, 0) is 20.9 Å². The van der Waals surface area contributed by atoms with Gasteiger partial charge in [0.1, 0.15) is 12.3 Å². The number of hydrogen-bond donors (Lipinski definition) is 0. The molecule has 1 aromatic heterocycles. The summed E-state index contributed by atoms with van der Waals surface area (Å²) in [6, 6.07) is 14.3. The van der Waals surface area contributed by atoms with Crippen LogP contribution in [0.4, 0.5) is 5.69 Å². The molecular weight excluding hydrogens is 412 g/mol. The molecular formula is C23H22N4O5. The number of benzene rings is 2. The summed E-state index contributed by atoms with van der Waals surface area (Å²) in [6.45, 7) is 1.85. The van der Waals surface area contributed by atoms with Crippen molar-refractivity contribution in [2.24, 2.45) is 0 Å². The van der Waals surface area contributed by atoms with Crippen LogP contribution < -0.4 is 15.2 Å². The van der Waals surface area contributed by atoms with E-state index in [0.717, 1.165) is 0 Å². The quantitative estimate of drug-likeness (QED) is 0.612. The first-order chi connectivity index (χ1) is 15.6. The lowest BCUT2D eigenvalue weighted by Crippen LogP contribution is -2.54. The van der Waals surface area contributed by atoms with E-state index in [0.29, 0.717) is 48.8 Å². The molecule has 3 aromatic rings. The predicted octanol–water partition coefficient (Wildman–Crippen LogP) is 1.05. The van der Waals surface area contributed by atoms with Crippen LogP contribution in [0, 0.1) is 0 Å². The summed E-state index contributed by atoms with van der Waals surface area (Å²) < 4.78 is 12.7. The van der Waals surface area contributed by atoms with Crippen molar-refractivity contribution in [1.82, 2.24) is 14.5 Å². The lowest BCUT2D eigenvalue weighted by atomic mass is 10.1. The maximum atomic E-state index is 13.4. The minimum Gasteiger partial charge on any atom is -0.476 e. The van der Waals surface area contributed by atoms with Gasteiger partial charge in [0.2, 0.25) is 5.91 Å². The zero-order valence-corrected chi connectivity index (χ0v) is 17.3. The molecule has 0 saturated carbocycles. The SMILES string of the molecule is O=C(C1CN(C(=O)Cn2c(=O)cnc3ccccc32)c2ccccc2O1)N1CCOCC1. The fraction of sp³-hybridized carbons (Fsp3) is 0.304. The summed E-state index contributed by atoms with van der Waals surface area (Å²) >= 11 is 0. The normalized spacial score (nSPS) is 18.2. The Morgan fingerprint density at radius 2 is 1.78 bits per heavy atom. The Labute approximate surface area is 183 Å². The molecule has 0 radical (unpaired) electrons. The van der Waals surface area contributed by atoms with Crippen molar-refractivity contribution < 1.29 is 19.1 Å². The fourth-order valence-corrected chi connectivity index (χ4v) is 4.09. The summed E-state index contributed by atoms with van der Waals surface area (Å²) in [7, 11) is 0. The number of carbonyl (C=O) groups excluding carboxylic acids is 2. The molecule has 0 bridgehead atoms. The second-order valence-corrected chi connectivity index (χ2v) is 7.69. The molecule has 0 aliphatic carbocycles. The summed E-state index contributed by atoms with van der Waals surface area (Å²) in [5.74, 6) is -0.0169. The average molecular weight is 434 g/mol. The molecule has 2 amide bonds. The molecule has 2 aliphatic heterocycles. The Kier molecular flexibility index (Phi) is 5.32. The van der Waals surface area contributed by atoms with E-state index < -0.39 is 6.10 Å². The lowest BCUT2D eigenvalue weighted by Gasteiger charge is -2.37. The van der Waals surface area contributed by atoms with E-state index in [4.69, 9.17) is 9.47 Å². The minimum atomic E-state index is -0.821. The van der Waals surface area contributed by atoms with Crippen LogP contribution in [0.15, 0.2) is 59.5 Å². The molecule has 0 spiro atoms. The highest BCUT2D eigenvalue weighted by Crippen LogP contribution is 2.34. The van der Waals surface area contributed by atoms with E-state index in [9.17, 15) is 14.4 Å². The Morgan fingerprint density at radius 3 is 2.62 bits per heavy atom. The third kappa shape index (κ3) is 3.71. The first-order valence-corrected chi connectivity index (χ1v) is 10.5. The lowest BCUT2D eigenvalue weighted by molar-refractivity contribution is -0.142. The maximum absolute atomic E-state index is 13.4. The molecule has 1 saturated heterocycles. The molecule has 5 rings (SSSR count). The number of ether oxygens (including phenoxy) is 2. The van der Waals surface area contributed by atoms with Gasteiger partial charge in [0.25, 0.3) is 11.5 Å². The van der Waals surface area contributed by atoms with Gasteiger partial charge in [-0.25, -0.2) is 4.98 Å². The Bertz CT molecular complexity index is 1230. The number of hydrogen-bond acceptors (Lipinski definition) is 6. The Balaban J connectivity index is 1.45. The minimum absolute atomic E-state index is 0.0732. The molecule has 1 unspecified atom stereocenters. The fourth-order valence-electron chi connectivity index (χ4n) is 4.09. The van der Waals surface area contributed by atoms with Gasteiger partial charge in [-0.15, -0.1) is 0 Å². The van der Waals surface area contributed by atoms with Gasteiger partial charge in [0, 0.05) is 13.1 Å². The molecule has 3 heterocycles.